The predicted octanol–water partition coefficient (Wildman–Crippen LogP) is 4.79. The number of halogens is 1. The van der Waals surface area contributed by atoms with Gasteiger partial charge in [0.25, 0.3) is 0 Å². The first-order valence-corrected chi connectivity index (χ1v) is 16.2. The molecule has 226 valence electrons. The van der Waals surface area contributed by atoms with E-state index < -0.39 is 28.5 Å². The van der Waals surface area contributed by atoms with Crippen LogP contribution in [-0.2, 0) is 32.6 Å². The number of ether oxygens (including phenoxy) is 2. The molecule has 3 rings (SSSR count). The van der Waals surface area contributed by atoms with Gasteiger partial charge in [-0.1, -0.05) is 65.3 Å². The van der Waals surface area contributed by atoms with Gasteiger partial charge in [-0.2, -0.15) is 0 Å². The average molecular weight is 661 g/mol. The number of rotatable bonds is 14. The van der Waals surface area contributed by atoms with Gasteiger partial charge >= 0.3 is 0 Å². The molecule has 0 saturated carbocycles. The maximum atomic E-state index is 14.2. The number of anilines is 1. The Morgan fingerprint density at radius 3 is 2.14 bits per heavy atom. The topological polar surface area (TPSA) is 105 Å². The number of nitrogens with one attached hydrogen (secondary N) is 1. The highest BCUT2D eigenvalue weighted by molar-refractivity contribution is 9.10. The number of carbonyl (C=O) groups is 2. The molecule has 0 radical (unpaired) electrons. The van der Waals surface area contributed by atoms with E-state index in [0.29, 0.717) is 17.9 Å². The second-order valence-electron chi connectivity index (χ2n) is 9.98. The molecule has 1 N–H and O–H groups in total. The summed E-state index contributed by atoms with van der Waals surface area (Å²) in [5.41, 5.74) is 1.89. The van der Waals surface area contributed by atoms with Crippen molar-refractivity contribution in [2.75, 3.05) is 31.3 Å². The summed E-state index contributed by atoms with van der Waals surface area (Å²) >= 11 is 3.44. The molecule has 0 heterocycles. The van der Waals surface area contributed by atoms with Crippen LogP contribution in [0.5, 0.6) is 11.5 Å². The van der Waals surface area contributed by atoms with Gasteiger partial charge in [0.2, 0.25) is 21.8 Å². The van der Waals surface area contributed by atoms with Gasteiger partial charge in [0, 0.05) is 29.5 Å². The van der Waals surface area contributed by atoms with Gasteiger partial charge in [-0.25, -0.2) is 8.42 Å². The first kappa shape index (κ1) is 32.9. The van der Waals surface area contributed by atoms with Gasteiger partial charge in [0.1, 0.15) is 12.6 Å². The number of sulfonamides is 1. The van der Waals surface area contributed by atoms with Crippen molar-refractivity contribution < 1.29 is 27.5 Å². The second kappa shape index (κ2) is 15.1. The second-order valence-corrected chi connectivity index (χ2v) is 12.8. The Morgan fingerprint density at radius 2 is 1.57 bits per heavy atom. The zero-order valence-corrected chi connectivity index (χ0v) is 26.9. The fraction of sp³-hybridized carbons (Fsp3) is 0.355. The van der Waals surface area contributed by atoms with Crippen LogP contribution in [0.1, 0.15) is 31.4 Å². The Bertz CT molecular complexity index is 1450. The van der Waals surface area contributed by atoms with Crippen molar-refractivity contribution in [2.24, 2.45) is 0 Å². The summed E-state index contributed by atoms with van der Waals surface area (Å²) in [5, 5.41) is 3.02. The monoisotopic (exact) mass is 659 g/mol. The van der Waals surface area contributed by atoms with Crippen molar-refractivity contribution in [3.63, 3.8) is 0 Å². The van der Waals surface area contributed by atoms with Crippen LogP contribution >= 0.6 is 15.9 Å². The summed E-state index contributed by atoms with van der Waals surface area (Å²) in [6.45, 7) is 3.45. The molecule has 9 nitrogen and oxygen atoms in total. The standard InChI is InChI=1S/C31H38BrN3O6S/c1-6-22(2)33-31(37)27(18-23-10-8-7-9-11-23)34(20-24-12-14-25(32)15-13-24)30(36)21-35(42(5,38)39)26-16-17-28(40-3)29(19-26)41-4/h7-17,19,22,27H,6,18,20-21H2,1-5H3,(H,33,37)/t22-,27+/m0/s1. The molecular formula is C31H38BrN3O6S. The Morgan fingerprint density at radius 1 is 0.929 bits per heavy atom. The van der Waals surface area contributed by atoms with E-state index in [1.807, 2.05) is 68.4 Å². The smallest absolute Gasteiger partial charge is 0.244 e. The maximum Gasteiger partial charge on any atom is 0.244 e. The van der Waals surface area contributed by atoms with Crippen molar-refractivity contribution in [2.45, 2.75) is 45.3 Å². The summed E-state index contributed by atoms with van der Waals surface area (Å²) in [5.74, 6) is -0.103. The molecule has 0 unspecified atom stereocenters. The fourth-order valence-corrected chi connectivity index (χ4v) is 5.48. The van der Waals surface area contributed by atoms with Crippen molar-refractivity contribution >= 4 is 43.5 Å². The van der Waals surface area contributed by atoms with E-state index in [1.165, 1.54) is 25.2 Å². The van der Waals surface area contributed by atoms with Gasteiger partial charge in [-0.15, -0.1) is 0 Å². The molecule has 0 aliphatic heterocycles. The van der Waals surface area contributed by atoms with Gasteiger partial charge in [0.05, 0.1) is 26.2 Å². The van der Waals surface area contributed by atoms with Crippen LogP contribution in [0.15, 0.2) is 77.3 Å². The molecule has 0 aromatic heterocycles. The lowest BCUT2D eigenvalue weighted by atomic mass is 10.0. The first-order chi connectivity index (χ1) is 20.0. The molecular weight excluding hydrogens is 622 g/mol. The Hall–Kier alpha value is -3.57. The van der Waals surface area contributed by atoms with Crippen molar-refractivity contribution in [3.05, 3.63) is 88.4 Å². The van der Waals surface area contributed by atoms with E-state index in [4.69, 9.17) is 9.47 Å². The molecule has 11 heteroatoms. The third-order valence-electron chi connectivity index (χ3n) is 6.87. The Kier molecular flexibility index (Phi) is 11.8. The fourth-order valence-electron chi connectivity index (χ4n) is 4.38. The molecule has 0 saturated heterocycles. The number of hydrogen-bond acceptors (Lipinski definition) is 6. The largest absolute Gasteiger partial charge is 0.493 e. The molecule has 0 bridgehead atoms. The average Bonchev–Trinajstić information content (AvgIpc) is 2.97. The quantitative estimate of drug-likeness (QED) is 0.267. The third-order valence-corrected chi connectivity index (χ3v) is 8.54. The van der Waals surface area contributed by atoms with Gasteiger partial charge in [0.15, 0.2) is 11.5 Å². The van der Waals surface area contributed by atoms with Crippen LogP contribution in [0.2, 0.25) is 0 Å². The van der Waals surface area contributed by atoms with E-state index in [1.54, 1.807) is 12.1 Å². The Balaban J connectivity index is 2.07. The normalized spacial score (nSPS) is 12.6. The van der Waals surface area contributed by atoms with E-state index in [9.17, 15) is 18.0 Å². The van der Waals surface area contributed by atoms with E-state index in [2.05, 4.69) is 21.2 Å². The molecule has 3 aromatic carbocycles. The molecule has 0 spiro atoms. The lowest BCUT2D eigenvalue weighted by molar-refractivity contribution is -0.140. The molecule has 3 aromatic rings. The summed E-state index contributed by atoms with van der Waals surface area (Å²) in [6.07, 6.45) is 2.00. The highest BCUT2D eigenvalue weighted by Crippen LogP contribution is 2.32. The number of amides is 2. The van der Waals surface area contributed by atoms with Gasteiger partial charge in [-0.05, 0) is 48.7 Å². The molecule has 2 atom stereocenters. The maximum absolute atomic E-state index is 14.2. The number of methoxy groups -OCH3 is 2. The van der Waals surface area contributed by atoms with Crippen LogP contribution in [0.25, 0.3) is 0 Å². The zero-order chi connectivity index (χ0) is 30.9. The summed E-state index contributed by atoms with van der Waals surface area (Å²) < 4.78 is 38.6. The van der Waals surface area contributed by atoms with Crippen molar-refractivity contribution in [3.8, 4) is 11.5 Å². The summed E-state index contributed by atoms with van der Waals surface area (Å²) in [7, 11) is -0.990. The minimum Gasteiger partial charge on any atom is -0.493 e. The van der Waals surface area contributed by atoms with Crippen molar-refractivity contribution in [1.29, 1.82) is 0 Å². The lowest BCUT2D eigenvalue weighted by Crippen LogP contribution is -2.54. The Labute approximate surface area is 257 Å². The summed E-state index contributed by atoms with van der Waals surface area (Å²) in [6, 6.07) is 20.5. The van der Waals surface area contributed by atoms with E-state index in [-0.39, 0.29) is 30.6 Å². The number of carbonyl (C=O) groups excluding carboxylic acids is 2. The van der Waals surface area contributed by atoms with Crippen LogP contribution < -0.4 is 19.1 Å². The lowest BCUT2D eigenvalue weighted by Gasteiger charge is -2.34. The van der Waals surface area contributed by atoms with Crippen LogP contribution in [0.3, 0.4) is 0 Å². The molecule has 0 aliphatic rings. The van der Waals surface area contributed by atoms with Gasteiger partial charge < -0.3 is 19.7 Å². The summed E-state index contributed by atoms with van der Waals surface area (Å²) in [4.78, 5) is 29.4. The highest BCUT2D eigenvalue weighted by Gasteiger charge is 2.33. The van der Waals surface area contributed by atoms with E-state index >= 15 is 0 Å². The van der Waals surface area contributed by atoms with Crippen LogP contribution in [-0.4, -0.2) is 64.2 Å². The van der Waals surface area contributed by atoms with Crippen molar-refractivity contribution in [1.82, 2.24) is 10.2 Å². The number of benzene rings is 3. The molecule has 0 fully saturated rings. The molecule has 2 amide bonds. The van der Waals surface area contributed by atoms with Gasteiger partial charge in [-0.3, -0.25) is 13.9 Å². The minimum atomic E-state index is -3.91. The SMILES string of the molecule is CC[C@H](C)NC(=O)[C@@H](Cc1ccccc1)N(Cc1ccc(Br)cc1)C(=O)CN(c1ccc(OC)c(OC)c1)S(C)(=O)=O. The number of nitrogens with zero attached hydrogens (tertiary/aromatic N) is 2. The molecule has 42 heavy (non-hydrogen) atoms. The third kappa shape index (κ3) is 8.96. The van der Waals surface area contributed by atoms with E-state index in [0.717, 1.165) is 26.2 Å². The first-order valence-electron chi connectivity index (χ1n) is 13.5. The predicted molar refractivity (Wildman–Crippen MR) is 168 cm³/mol. The molecule has 0 aliphatic carbocycles. The van der Waals surface area contributed by atoms with Crippen LogP contribution in [0.4, 0.5) is 5.69 Å². The van der Waals surface area contributed by atoms with Crippen LogP contribution in [0, 0.1) is 0 Å². The highest BCUT2D eigenvalue weighted by atomic mass is 79.9. The zero-order valence-electron chi connectivity index (χ0n) is 24.5. The number of hydrogen-bond donors (Lipinski definition) is 1. The minimum absolute atomic E-state index is 0.0983.